The molecule has 1 heterocycles. The summed E-state index contributed by atoms with van der Waals surface area (Å²) in [5.74, 6) is 2.13. The number of halogens is 1. The normalized spacial score (nSPS) is 10.0. The molecule has 20 heavy (non-hydrogen) atoms. The second kappa shape index (κ2) is 6.42. The van der Waals surface area contributed by atoms with Crippen LogP contribution < -0.4 is 18.9 Å². The van der Waals surface area contributed by atoms with Gasteiger partial charge >= 0.3 is 6.01 Å². The molecule has 0 bridgehead atoms. The molecule has 0 spiro atoms. The van der Waals surface area contributed by atoms with Crippen LogP contribution in [0.5, 0.6) is 29.1 Å². The van der Waals surface area contributed by atoms with Crippen molar-refractivity contribution >= 4 is 15.9 Å². The Morgan fingerprint density at radius 2 is 1.50 bits per heavy atom. The zero-order chi connectivity index (χ0) is 14.5. The van der Waals surface area contributed by atoms with Crippen LogP contribution in [-0.4, -0.2) is 31.3 Å². The van der Waals surface area contributed by atoms with Gasteiger partial charge in [0.1, 0.15) is 17.2 Å². The molecule has 0 N–H and O–H groups in total. The van der Waals surface area contributed by atoms with E-state index in [2.05, 4.69) is 25.9 Å². The third-order valence-electron chi connectivity index (χ3n) is 2.42. The molecule has 0 atom stereocenters. The third-order valence-corrected chi connectivity index (χ3v) is 2.96. The van der Waals surface area contributed by atoms with E-state index >= 15 is 0 Å². The van der Waals surface area contributed by atoms with Crippen LogP contribution in [0.1, 0.15) is 0 Å². The van der Waals surface area contributed by atoms with Gasteiger partial charge in [-0.25, -0.2) is 4.98 Å². The Labute approximate surface area is 124 Å². The van der Waals surface area contributed by atoms with Gasteiger partial charge in [0.25, 0.3) is 0 Å². The van der Waals surface area contributed by atoms with E-state index in [1.807, 2.05) is 0 Å². The molecule has 0 radical (unpaired) electrons. The Hall–Kier alpha value is -2.02. The molecule has 7 heteroatoms. The highest BCUT2D eigenvalue weighted by atomic mass is 79.9. The van der Waals surface area contributed by atoms with Gasteiger partial charge in [-0.05, 0) is 15.9 Å². The zero-order valence-electron chi connectivity index (χ0n) is 11.2. The molecule has 2 aromatic rings. The second-order valence-electron chi connectivity index (χ2n) is 3.66. The number of methoxy groups -OCH3 is 3. The number of hydrogen-bond acceptors (Lipinski definition) is 6. The van der Waals surface area contributed by atoms with E-state index in [-0.39, 0.29) is 6.01 Å². The molecule has 0 saturated heterocycles. The fourth-order valence-electron chi connectivity index (χ4n) is 1.47. The predicted octanol–water partition coefficient (Wildman–Crippen LogP) is 3.06. The number of rotatable bonds is 5. The van der Waals surface area contributed by atoms with E-state index in [0.29, 0.717) is 27.6 Å². The summed E-state index contributed by atoms with van der Waals surface area (Å²) >= 11 is 3.28. The minimum absolute atomic E-state index is 0.167. The summed E-state index contributed by atoms with van der Waals surface area (Å²) in [6, 6.07) is 5.33. The summed E-state index contributed by atoms with van der Waals surface area (Å²) in [7, 11) is 4.65. The molecule has 1 aromatic heterocycles. The molecule has 0 fully saturated rings. The topological polar surface area (TPSA) is 62.7 Å². The number of aromatic nitrogens is 2. The van der Waals surface area contributed by atoms with E-state index in [0.717, 1.165) is 0 Å². The average molecular weight is 341 g/mol. The maximum Gasteiger partial charge on any atom is 0.325 e. The van der Waals surface area contributed by atoms with Crippen LogP contribution in [0.3, 0.4) is 0 Å². The van der Waals surface area contributed by atoms with Crippen LogP contribution in [0.4, 0.5) is 0 Å². The zero-order valence-corrected chi connectivity index (χ0v) is 12.8. The molecular weight excluding hydrogens is 328 g/mol. The van der Waals surface area contributed by atoms with Crippen LogP contribution in [-0.2, 0) is 0 Å². The maximum absolute atomic E-state index is 5.58. The Morgan fingerprint density at radius 3 is 2.05 bits per heavy atom. The fraction of sp³-hybridized carbons (Fsp3) is 0.231. The van der Waals surface area contributed by atoms with Crippen LogP contribution in [0.15, 0.2) is 28.9 Å². The first-order valence-electron chi connectivity index (χ1n) is 5.63. The van der Waals surface area contributed by atoms with Crippen molar-refractivity contribution in [3.63, 3.8) is 0 Å². The van der Waals surface area contributed by atoms with Crippen molar-refractivity contribution in [2.75, 3.05) is 21.3 Å². The van der Waals surface area contributed by atoms with Gasteiger partial charge in [0.15, 0.2) is 0 Å². The van der Waals surface area contributed by atoms with E-state index in [9.17, 15) is 0 Å². The first-order chi connectivity index (χ1) is 9.66. The standard InChI is InChI=1S/C13H13BrN2O4/c1-17-8-4-9(18-2)6-10(5-8)20-13-15-7-11(14)12(16-13)19-3/h4-7H,1-3H3. The monoisotopic (exact) mass is 340 g/mol. The lowest BCUT2D eigenvalue weighted by Gasteiger charge is -2.09. The Balaban J connectivity index is 2.29. The highest BCUT2D eigenvalue weighted by Crippen LogP contribution is 2.31. The van der Waals surface area contributed by atoms with Gasteiger partial charge in [-0.2, -0.15) is 4.98 Å². The maximum atomic E-state index is 5.58. The molecule has 106 valence electrons. The van der Waals surface area contributed by atoms with Crippen molar-refractivity contribution in [2.24, 2.45) is 0 Å². The molecule has 0 aliphatic heterocycles. The van der Waals surface area contributed by atoms with Gasteiger partial charge in [0, 0.05) is 18.2 Å². The minimum atomic E-state index is 0.167. The minimum Gasteiger partial charge on any atom is -0.496 e. The molecule has 0 amide bonds. The van der Waals surface area contributed by atoms with Crippen molar-refractivity contribution < 1.29 is 18.9 Å². The summed E-state index contributed by atoms with van der Waals surface area (Å²) in [4.78, 5) is 8.16. The molecule has 0 unspecified atom stereocenters. The Morgan fingerprint density at radius 1 is 0.900 bits per heavy atom. The van der Waals surface area contributed by atoms with Crippen molar-refractivity contribution in [1.29, 1.82) is 0 Å². The molecule has 2 rings (SSSR count). The van der Waals surface area contributed by atoms with Crippen molar-refractivity contribution in [3.05, 3.63) is 28.9 Å². The second-order valence-corrected chi connectivity index (χ2v) is 4.51. The first kappa shape index (κ1) is 14.4. The van der Waals surface area contributed by atoms with Crippen LogP contribution in [0.2, 0.25) is 0 Å². The van der Waals surface area contributed by atoms with Gasteiger partial charge in [-0.15, -0.1) is 0 Å². The SMILES string of the molecule is COc1cc(OC)cc(Oc2ncc(Br)c(OC)n2)c1. The van der Waals surface area contributed by atoms with E-state index < -0.39 is 0 Å². The quantitative estimate of drug-likeness (QED) is 0.833. The molecule has 0 aliphatic rings. The predicted molar refractivity (Wildman–Crippen MR) is 75.9 cm³/mol. The third kappa shape index (κ3) is 3.30. The van der Waals surface area contributed by atoms with Crippen LogP contribution in [0, 0.1) is 0 Å². The van der Waals surface area contributed by atoms with Gasteiger partial charge < -0.3 is 18.9 Å². The summed E-state index contributed by atoms with van der Waals surface area (Å²) in [6.45, 7) is 0. The highest BCUT2D eigenvalue weighted by molar-refractivity contribution is 9.10. The van der Waals surface area contributed by atoms with E-state index in [1.54, 1.807) is 38.6 Å². The smallest absolute Gasteiger partial charge is 0.325 e. The molecule has 6 nitrogen and oxygen atoms in total. The van der Waals surface area contributed by atoms with Crippen LogP contribution in [0.25, 0.3) is 0 Å². The van der Waals surface area contributed by atoms with Gasteiger partial charge in [0.2, 0.25) is 5.88 Å². The number of hydrogen-bond donors (Lipinski definition) is 0. The largest absolute Gasteiger partial charge is 0.496 e. The number of benzene rings is 1. The van der Waals surface area contributed by atoms with Gasteiger partial charge in [-0.3, -0.25) is 0 Å². The van der Waals surface area contributed by atoms with E-state index in [4.69, 9.17) is 18.9 Å². The summed E-state index contributed by atoms with van der Waals surface area (Å²) in [5.41, 5.74) is 0. The summed E-state index contributed by atoms with van der Waals surface area (Å²) in [5, 5.41) is 0. The average Bonchev–Trinajstić information content (AvgIpc) is 2.48. The Kier molecular flexibility index (Phi) is 4.62. The van der Waals surface area contributed by atoms with Crippen molar-refractivity contribution in [3.8, 4) is 29.1 Å². The molecule has 0 saturated carbocycles. The lowest BCUT2D eigenvalue weighted by Crippen LogP contribution is -1.96. The van der Waals surface area contributed by atoms with Gasteiger partial charge in [0.05, 0.1) is 32.0 Å². The van der Waals surface area contributed by atoms with Crippen molar-refractivity contribution in [2.45, 2.75) is 0 Å². The number of ether oxygens (including phenoxy) is 4. The summed E-state index contributed by atoms with van der Waals surface area (Å²) in [6.07, 6.45) is 1.55. The highest BCUT2D eigenvalue weighted by Gasteiger charge is 2.09. The first-order valence-corrected chi connectivity index (χ1v) is 6.43. The molecular formula is C13H13BrN2O4. The fourth-order valence-corrected chi connectivity index (χ4v) is 1.83. The van der Waals surface area contributed by atoms with Crippen LogP contribution >= 0.6 is 15.9 Å². The van der Waals surface area contributed by atoms with Crippen molar-refractivity contribution in [1.82, 2.24) is 9.97 Å². The molecule has 1 aromatic carbocycles. The van der Waals surface area contributed by atoms with E-state index in [1.165, 1.54) is 7.11 Å². The Bertz CT molecular complexity index is 585. The lowest BCUT2D eigenvalue weighted by molar-refractivity contribution is 0.367. The lowest BCUT2D eigenvalue weighted by atomic mass is 10.3. The molecule has 0 aliphatic carbocycles. The summed E-state index contributed by atoms with van der Waals surface area (Å²) < 4.78 is 21.6. The van der Waals surface area contributed by atoms with Gasteiger partial charge in [-0.1, -0.05) is 0 Å². The number of nitrogens with zero attached hydrogens (tertiary/aromatic N) is 2.